The standard InChI is InChI=1S/C21H21N3O2/c25-21(20-6-3-13-26-20)24-12-9-16(17-4-1-2-5-19(17)24)18-10-11-23(22-18)14-15-7-8-15/h1-6,10-11,13,15-16H,7-9,12,14H2/t16-/m0/s1. The van der Waals surface area contributed by atoms with Crippen molar-refractivity contribution >= 4 is 11.6 Å². The second-order valence-electron chi connectivity index (χ2n) is 7.24. The van der Waals surface area contributed by atoms with Crippen LogP contribution in [-0.4, -0.2) is 22.2 Å². The number of benzene rings is 1. The number of fused-ring (bicyclic) bond motifs is 1. The van der Waals surface area contributed by atoms with Crippen LogP contribution >= 0.6 is 0 Å². The average Bonchev–Trinajstić information content (AvgIpc) is 3.12. The Morgan fingerprint density at radius 1 is 1.12 bits per heavy atom. The molecule has 3 aromatic rings. The minimum atomic E-state index is -0.0832. The number of hydrogen-bond acceptors (Lipinski definition) is 3. The first-order chi connectivity index (χ1) is 12.8. The maximum absolute atomic E-state index is 12.8. The van der Waals surface area contributed by atoms with Crippen LogP contribution in [0.15, 0.2) is 59.3 Å². The van der Waals surface area contributed by atoms with Crippen LogP contribution in [0.4, 0.5) is 5.69 Å². The fourth-order valence-electron chi connectivity index (χ4n) is 3.84. The van der Waals surface area contributed by atoms with Gasteiger partial charge in [0.05, 0.1) is 12.0 Å². The molecule has 1 amide bonds. The molecular weight excluding hydrogens is 326 g/mol. The van der Waals surface area contributed by atoms with Crippen LogP contribution in [-0.2, 0) is 6.54 Å². The minimum Gasteiger partial charge on any atom is -0.459 e. The number of amides is 1. The fraction of sp³-hybridized carbons (Fsp3) is 0.333. The highest BCUT2D eigenvalue weighted by Crippen LogP contribution is 2.39. The van der Waals surface area contributed by atoms with Crippen molar-refractivity contribution in [3.05, 3.63) is 71.9 Å². The summed E-state index contributed by atoms with van der Waals surface area (Å²) in [4.78, 5) is 14.6. The van der Waals surface area contributed by atoms with E-state index in [4.69, 9.17) is 9.52 Å². The van der Waals surface area contributed by atoms with Crippen LogP contribution < -0.4 is 4.90 Å². The van der Waals surface area contributed by atoms with Crippen LogP contribution in [0.1, 0.15) is 47.0 Å². The Bertz CT molecular complexity index is 924. The van der Waals surface area contributed by atoms with E-state index in [1.807, 2.05) is 23.1 Å². The van der Waals surface area contributed by atoms with Gasteiger partial charge in [-0.3, -0.25) is 9.48 Å². The average molecular weight is 347 g/mol. The summed E-state index contributed by atoms with van der Waals surface area (Å²) in [6.45, 7) is 1.69. The van der Waals surface area contributed by atoms with Gasteiger partial charge in [0, 0.05) is 30.9 Å². The molecule has 2 aliphatic rings. The third-order valence-corrected chi connectivity index (χ3v) is 5.38. The van der Waals surface area contributed by atoms with Gasteiger partial charge in [0.25, 0.3) is 5.91 Å². The van der Waals surface area contributed by atoms with Gasteiger partial charge in [-0.1, -0.05) is 18.2 Å². The topological polar surface area (TPSA) is 51.3 Å². The SMILES string of the molecule is O=C(c1ccco1)N1CC[C@H](c2ccn(CC3CC3)n2)c2ccccc21. The number of carbonyl (C=O) groups excluding carboxylic acids is 1. The van der Waals surface area contributed by atoms with Gasteiger partial charge >= 0.3 is 0 Å². The molecule has 5 rings (SSSR count). The van der Waals surface area contributed by atoms with E-state index in [9.17, 15) is 4.79 Å². The highest BCUT2D eigenvalue weighted by atomic mass is 16.3. The smallest absolute Gasteiger partial charge is 0.293 e. The van der Waals surface area contributed by atoms with Crippen LogP contribution in [0, 0.1) is 5.92 Å². The molecule has 0 saturated heterocycles. The summed E-state index contributed by atoms with van der Waals surface area (Å²) in [6, 6.07) is 13.7. The third-order valence-electron chi connectivity index (χ3n) is 5.38. The van der Waals surface area contributed by atoms with Crippen molar-refractivity contribution in [3.63, 3.8) is 0 Å². The molecule has 5 heteroatoms. The molecule has 1 aliphatic heterocycles. The molecule has 1 saturated carbocycles. The van der Waals surface area contributed by atoms with Crippen molar-refractivity contribution in [1.29, 1.82) is 0 Å². The van der Waals surface area contributed by atoms with Crippen LogP contribution in [0.2, 0.25) is 0 Å². The molecule has 1 aliphatic carbocycles. The molecule has 1 fully saturated rings. The molecule has 0 bridgehead atoms. The Hall–Kier alpha value is -2.82. The molecular formula is C21H21N3O2. The van der Waals surface area contributed by atoms with E-state index >= 15 is 0 Å². The lowest BCUT2D eigenvalue weighted by Crippen LogP contribution is -2.36. The molecule has 132 valence electrons. The number of para-hydroxylation sites is 1. The summed E-state index contributed by atoms with van der Waals surface area (Å²) in [5.74, 6) is 1.34. The van der Waals surface area contributed by atoms with Crippen molar-refractivity contribution in [2.75, 3.05) is 11.4 Å². The van der Waals surface area contributed by atoms with Gasteiger partial charge < -0.3 is 9.32 Å². The fourth-order valence-corrected chi connectivity index (χ4v) is 3.84. The summed E-state index contributed by atoms with van der Waals surface area (Å²) >= 11 is 0. The zero-order valence-corrected chi connectivity index (χ0v) is 14.5. The summed E-state index contributed by atoms with van der Waals surface area (Å²) in [6.07, 6.45) is 7.15. The van der Waals surface area contributed by atoms with Crippen molar-refractivity contribution < 1.29 is 9.21 Å². The molecule has 0 radical (unpaired) electrons. The summed E-state index contributed by atoms with van der Waals surface area (Å²) < 4.78 is 7.39. The van der Waals surface area contributed by atoms with E-state index in [1.165, 1.54) is 12.8 Å². The third kappa shape index (κ3) is 2.73. The highest BCUT2D eigenvalue weighted by molar-refractivity contribution is 6.05. The lowest BCUT2D eigenvalue weighted by atomic mass is 9.87. The summed E-state index contributed by atoms with van der Waals surface area (Å²) in [7, 11) is 0. The number of anilines is 1. The Balaban J connectivity index is 1.46. The highest BCUT2D eigenvalue weighted by Gasteiger charge is 2.32. The Morgan fingerprint density at radius 2 is 2.00 bits per heavy atom. The zero-order valence-electron chi connectivity index (χ0n) is 14.5. The molecule has 0 N–H and O–H groups in total. The number of aromatic nitrogens is 2. The monoisotopic (exact) mass is 347 g/mol. The zero-order chi connectivity index (χ0) is 17.5. The van der Waals surface area contributed by atoms with Crippen LogP contribution in [0.3, 0.4) is 0 Å². The van der Waals surface area contributed by atoms with E-state index < -0.39 is 0 Å². The number of nitrogens with zero attached hydrogens (tertiary/aromatic N) is 3. The summed E-state index contributed by atoms with van der Waals surface area (Å²) in [5, 5.41) is 4.83. The maximum Gasteiger partial charge on any atom is 0.293 e. The van der Waals surface area contributed by atoms with Gasteiger partial charge in [-0.15, -0.1) is 0 Å². The first kappa shape index (κ1) is 15.4. The number of furan rings is 1. The van der Waals surface area contributed by atoms with E-state index in [1.54, 1.807) is 18.4 Å². The lowest BCUT2D eigenvalue weighted by Gasteiger charge is -2.33. The van der Waals surface area contributed by atoms with Gasteiger partial charge in [-0.25, -0.2) is 0 Å². The Labute approximate surface area is 152 Å². The van der Waals surface area contributed by atoms with Crippen molar-refractivity contribution in [1.82, 2.24) is 9.78 Å². The van der Waals surface area contributed by atoms with Crippen LogP contribution in [0.25, 0.3) is 0 Å². The number of rotatable bonds is 4. The molecule has 3 heterocycles. The quantitative estimate of drug-likeness (QED) is 0.715. The lowest BCUT2D eigenvalue weighted by molar-refractivity contribution is 0.0958. The molecule has 0 unspecified atom stereocenters. The first-order valence-electron chi connectivity index (χ1n) is 9.27. The van der Waals surface area contributed by atoms with Gasteiger partial charge in [0.2, 0.25) is 0 Å². The van der Waals surface area contributed by atoms with Crippen molar-refractivity contribution in [3.8, 4) is 0 Å². The summed E-state index contributed by atoms with van der Waals surface area (Å²) in [5.41, 5.74) is 3.22. The Kier molecular flexibility index (Phi) is 3.66. The normalized spacial score (nSPS) is 19.4. The van der Waals surface area contributed by atoms with Gasteiger partial charge in [-0.05, 0) is 55.0 Å². The van der Waals surface area contributed by atoms with E-state index in [2.05, 4.69) is 23.0 Å². The molecule has 1 aromatic carbocycles. The van der Waals surface area contributed by atoms with E-state index in [0.29, 0.717) is 12.3 Å². The molecule has 5 nitrogen and oxygen atoms in total. The predicted octanol–water partition coefficient (Wildman–Crippen LogP) is 4.07. The van der Waals surface area contributed by atoms with Gasteiger partial charge in [0.1, 0.15) is 0 Å². The van der Waals surface area contributed by atoms with Gasteiger partial charge in [-0.2, -0.15) is 5.10 Å². The molecule has 2 aromatic heterocycles. The molecule has 0 spiro atoms. The molecule has 1 atom stereocenters. The van der Waals surface area contributed by atoms with E-state index in [0.717, 1.165) is 35.8 Å². The second kappa shape index (κ2) is 6.16. The van der Waals surface area contributed by atoms with Gasteiger partial charge in [0.15, 0.2) is 5.76 Å². The van der Waals surface area contributed by atoms with Crippen molar-refractivity contribution in [2.45, 2.75) is 31.7 Å². The second-order valence-corrected chi connectivity index (χ2v) is 7.24. The largest absolute Gasteiger partial charge is 0.459 e. The first-order valence-corrected chi connectivity index (χ1v) is 9.27. The maximum atomic E-state index is 12.8. The van der Waals surface area contributed by atoms with Crippen LogP contribution in [0.5, 0.6) is 0 Å². The minimum absolute atomic E-state index is 0.0832. The Morgan fingerprint density at radius 3 is 2.81 bits per heavy atom. The predicted molar refractivity (Wildman–Crippen MR) is 98.2 cm³/mol. The molecule has 26 heavy (non-hydrogen) atoms. The number of hydrogen-bond donors (Lipinski definition) is 0. The van der Waals surface area contributed by atoms with Crippen molar-refractivity contribution in [2.24, 2.45) is 5.92 Å². The van der Waals surface area contributed by atoms with E-state index in [-0.39, 0.29) is 11.8 Å². The number of carbonyl (C=O) groups is 1.